The van der Waals surface area contributed by atoms with Crippen molar-refractivity contribution in [3.8, 4) is 0 Å². The summed E-state index contributed by atoms with van der Waals surface area (Å²) in [6.45, 7) is 0.806. The Hall–Kier alpha value is -0.0800. The van der Waals surface area contributed by atoms with Gasteiger partial charge in [0.2, 0.25) is 0 Å². The molecule has 0 saturated carbocycles. The molecule has 0 aromatic heterocycles. The molecule has 0 bridgehead atoms. The van der Waals surface area contributed by atoms with Crippen LogP contribution in [0.25, 0.3) is 0 Å². The number of alkyl halides is 1. The Morgan fingerprint density at radius 2 is 2.36 bits per heavy atom. The first-order chi connectivity index (χ1) is 5.33. The van der Waals surface area contributed by atoms with Crippen molar-refractivity contribution in [2.24, 2.45) is 0 Å². The Kier molecular flexibility index (Phi) is 3.87. The van der Waals surface area contributed by atoms with E-state index in [1.54, 1.807) is 0 Å². The first-order valence-electron chi connectivity index (χ1n) is 4.02. The first kappa shape index (κ1) is 9.01. The Balaban J connectivity index is 2.19. The van der Waals surface area contributed by atoms with Gasteiger partial charge in [0.05, 0.1) is 12.0 Å². The highest BCUT2D eigenvalue weighted by atomic mass is 35.5. The zero-order valence-corrected chi connectivity index (χ0v) is 7.27. The van der Waals surface area contributed by atoms with Crippen LogP contribution >= 0.6 is 11.6 Å². The Morgan fingerprint density at radius 1 is 1.55 bits per heavy atom. The third kappa shape index (κ3) is 3.21. The van der Waals surface area contributed by atoms with Gasteiger partial charge < -0.3 is 4.74 Å². The lowest BCUT2D eigenvalue weighted by atomic mass is 10.0. The van der Waals surface area contributed by atoms with Crippen LogP contribution in [0.1, 0.15) is 25.7 Å². The molecule has 0 aromatic carbocycles. The predicted octanol–water partition coefficient (Wildman–Crippen LogP) is 1.75. The molecule has 1 unspecified atom stereocenters. The molecule has 1 atom stereocenters. The highest BCUT2D eigenvalue weighted by molar-refractivity contribution is 6.27. The molecule has 0 N–H and O–H groups in total. The van der Waals surface area contributed by atoms with Crippen molar-refractivity contribution in [3.63, 3.8) is 0 Å². The van der Waals surface area contributed by atoms with Gasteiger partial charge in [-0.25, -0.2) is 0 Å². The van der Waals surface area contributed by atoms with Crippen LogP contribution in [0, 0.1) is 0 Å². The third-order valence-corrected chi connectivity index (χ3v) is 2.18. The van der Waals surface area contributed by atoms with Crippen molar-refractivity contribution in [3.05, 3.63) is 0 Å². The lowest BCUT2D eigenvalue weighted by Crippen LogP contribution is -2.22. The number of rotatable bonds is 3. The average Bonchev–Trinajstić information content (AvgIpc) is 2.06. The van der Waals surface area contributed by atoms with E-state index in [1.807, 2.05) is 0 Å². The van der Waals surface area contributed by atoms with Gasteiger partial charge in [-0.1, -0.05) is 0 Å². The summed E-state index contributed by atoms with van der Waals surface area (Å²) in [6, 6.07) is 0. The monoisotopic (exact) mass is 176 g/mol. The van der Waals surface area contributed by atoms with Crippen molar-refractivity contribution < 1.29 is 9.53 Å². The van der Waals surface area contributed by atoms with Gasteiger partial charge in [-0.15, -0.1) is 11.6 Å². The fraction of sp³-hybridized carbons (Fsp3) is 0.875. The molecule has 64 valence electrons. The number of halogens is 1. The number of hydrogen-bond donors (Lipinski definition) is 0. The summed E-state index contributed by atoms with van der Waals surface area (Å²) >= 11 is 5.37. The molecule has 1 aliphatic rings. The van der Waals surface area contributed by atoms with Gasteiger partial charge in [-0.2, -0.15) is 0 Å². The van der Waals surface area contributed by atoms with Crippen molar-refractivity contribution in [1.82, 2.24) is 0 Å². The van der Waals surface area contributed by atoms with Crippen molar-refractivity contribution in [2.75, 3.05) is 12.5 Å². The largest absolute Gasteiger partial charge is 0.378 e. The quantitative estimate of drug-likeness (QED) is 0.613. The number of hydrogen-bond acceptors (Lipinski definition) is 2. The zero-order chi connectivity index (χ0) is 8.10. The van der Waals surface area contributed by atoms with Gasteiger partial charge in [0.25, 0.3) is 0 Å². The van der Waals surface area contributed by atoms with E-state index in [-0.39, 0.29) is 17.8 Å². The minimum absolute atomic E-state index is 0.0959. The molecule has 0 radical (unpaired) electrons. The van der Waals surface area contributed by atoms with Crippen LogP contribution in [0.15, 0.2) is 0 Å². The Bertz CT molecular complexity index is 130. The summed E-state index contributed by atoms with van der Waals surface area (Å²) in [5.41, 5.74) is 0. The number of ether oxygens (including phenoxy) is 1. The van der Waals surface area contributed by atoms with Gasteiger partial charge in [0, 0.05) is 13.0 Å². The fourth-order valence-electron chi connectivity index (χ4n) is 1.28. The molecule has 3 heteroatoms. The van der Waals surface area contributed by atoms with Crippen LogP contribution in [0.5, 0.6) is 0 Å². The zero-order valence-electron chi connectivity index (χ0n) is 6.51. The van der Waals surface area contributed by atoms with Crippen molar-refractivity contribution >= 4 is 17.4 Å². The van der Waals surface area contributed by atoms with Crippen LogP contribution in [-0.4, -0.2) is 24.4 Å². The Labute approximate surface area is 71.9 Å². The van der Waals surface area contributed by atoms with E-state index in [2.05, 4.69) is 0 Å². The maximum atomic E-state index is 10.9. The summed E-state index contributed by atoms with van der Waals surface area (Å²) in [5.74, 6) is 0.221. The smallest absolute Gasteiger partial charge is 0.150 e. The molecule has 1 saturated heterocycles. The molecule has 11 heavy (non-hydrogen) atoms. The predicted molar refractivity (Wildman–Crippen MR) is 43.9 cm³/mol. The van der Waals surface area contributed by atoms with E-state index in [1.165, 1.54) is 6.42 Å². The van der Waals surface area contributed by atoms with Crippen LogP contribution in [0.4, 0.5) is 0 Å². The van der Waals surface area contributed by atoms with E-state index in [0.29, 0.717) is 6.42 Å². The molecule has 1 fully saturated rings. The van der Waals surface area contributed by atoms with Gasteiger partial charge >= 0.3 is 0 Å². The first-order valence-corrected chi connectivity index (χ1v) is 4.55. The maximum absolute atomic E-state index is 10.9. The van der Waals surface area contributed by atoms with Gasteiger partial charge in [0.15, 0.2) is 0 Å². The Morgan fingerprint density at radius 3 is 2.91 bits per heavy atom. The maximum Gasteiger partial charge on any atom is 0.150 e. The number of Topliss-reactive ketones (excluding diaryl/α,β-unsaturated/α-hetero) is 1. The number of carbonyl (C=O) groups is 1. The van der Waals surface area contributed by atoms with E-state index in [0.717, 1.165) is 19.4 Å². The van der Waals surface area contributed by atoms with Crippen molar-refractivity contribution in [1.29, 1.82) is 0 Å². The average molecular weight is 177 g/mol. The van der Waals surface area contributed by atoms with E-state index < -0.39 is 0 Å². The molecule has 0 aliphatic carbocycles. The summed E-state index contributed by atoms with van der Waals surface area (Å²) < 4.78 is 5.37. The third-order valence-electron chi connectivity index (χ3n) is 1.88. The van der Waals surface area contributed by atoms with Crippen LogP contribution < -0.4 is 0 Å². The van der Waals surface area contributed by atoms with E-state index in [4.69, 9.17) is 16.3 Å². The van der Waals surface area contributed by atoms with Crippen molar-refractivity contribution in [2.45, 2.75) is 31.8 Å². The molecule has 1 heterocycles. The molecule has 0 amide bonds. The highest BCUT2D eigenvalue weighted by Gasteiger charge is 2.16. The number of carbonyl (C=O) groups excluding carboxylic acids is 1. The summed E-state index contributed by atoms with van der Waals surface area (Å²) in [4.78, 5) is 10.9. The summed E-state index contributed by atoms with van der Waals surface area (Å²) in [6.07, 6.45) is 3.98. The SMILES string of the molecule is O=C(CCl)CC1CCCCO1. The second kappa shape index (κ2) is 4.73. The lowest BCUT2D eigenvalue weighted by Gasteiger charge is -2.21. The van der Waals surface area contributed by atoms with E-state index >= 15 is 0 Å². The second-order valence-electron chi connectivity index (χ2n) is 2.87. The van der Waals surface area contributed by atoms with Gasteiger partial charge in [-0.3, -0.25) is 4.79 Å². The normalized spacial score (nSPS) is 25.0. The van der Waals surface area contributed by atoms with E-state index in [9.17, 15) is 4.79 Å². The molecule has 0 aromatic rings. The highest BCUT2D eigenvalue weighted by Crippen LogP contribution is 2.15. The molecule has 0 spiro atoms. The summed E-state index contributed by atoms with van der Waals surface area (Å²) in [7, 11) is 0. The molecular weight excluding hydrogens is 164 g/mol. The van der Waals surface area contributed by atoms with Gasteiger partial charge in [-0.05, 0) is 19.3 Å². The minimum Gasteiger partial charge on any atom is -0.378 e. The summed E-state index contributed by atoms with van der Waals surface area (Å²) in [5, 5.41) is 0. The van der Waals surface area contributed by atoms with Crippen LogP contribution in [0.3, 0.4) is 0 Å². The topological polar surface area (TPSA) is 26.3 Å². The molecule has 2 nitrogen and oxygen atoms in total. The van der Waals surface area contributed by atoms with Gasteiger partial charge in [0.1, 0.15) is 5.78 Å². The molecular formula is C8H13ClO2. The fourth-order valence-corrected chi connectivity index (χ4v) is 1.39. The molecule has 1 aliphatic heterocycles. The number of ketones is 1. The lowest BCUT2D eigenvalue weighted by molar-refractivity contribution is -0.120. The molecule has 1 rings (SSSR count). The van der Waals surface area contributed by atoms with Crippen LogP contribution in [0.2, 0.25) is 0 Å². The van der Waals surface area contributed by atoms with Crippen LogP contribution in [-0.2, 0) is 9.53 Å². The standard InChI is InChI=1S/C8H13ClO2/c9-6-7(10)5-8-3-1-2-4-11-8/h8H,1-6H2. The second-order valence-corrected chi connectivity index (χ2v) is 3.13. The minimum atomic E-state index is 0.0959.